The molecule has 2 aromatic rings. The van der Waals surface area contributed by atoms with Gasteiger partial charge in [0.05, 0.1) is 23.6 Å². The fourth-order valence-corrected chi connectivity index (χ4v) is 4.29. The van der Waals surface area contributed by atoms with Crippen LogP contribution in [0.1, 0.15) is 44.2 Å². The highest BCUT2D eigenvalue weighted by Crippen LogP contribution is 2.34. The average molecular weight is 505 g/mol. The number of nitro groups is 1. The Hall–Kier alpha value is -3.12. The maximum Gasteiger partial charge on any atom is 0.353 e. The lowest BCUT2D eigenvalue weighted by atomic mass is 10.1. The van der Waals surface area contributed by atoms with Crippen LogP contribution < -0.4 is 14.8 Å². The summed E-state index contributed by atoms with van der Waals surface area (Å²) < 4.78 is 10.6. The number of esters is 1. The van der Waals surface area contributed by atoms with Gasteiger partial charge >= 0.3 is 17.7 Å². The van der Waals surface area contributed by atoms with Gasteiger partial charge in [-0.2, -0.15) is 9.97 Å². The van der Waals surface area contributed by atoms with Crippen LogP contribution in [-0.2, 0) is 22.6 Å². The molecule has 0 bridgehead atoms. The molecular formula is C23H32N6O5S. The Kier molecular flexibility index (Phi) is 9.91. The number of hydrogen-bond donors (Lipinski definition) is 1. The summed E-state index contributed by atoms with van der Waals surface area (Å²) in [7, 11) is 0. The first-order valence-corrected chi connectivity index (χ1v) is 12.6. The summed E-state index contributed by atoms with van der Waals surface area (Å²) in [5, 5.41) is 11.9. The molecule has 1 aromatic carbocycles. The number of aromatic nitrogens is 2. The highest BCUT2D eigenvalue weighted by Gasteiger charge is 2.30. The second-order valence-electron chi connectivity index (χ2n) is 8.19. The van der Waals surface area contributed by atoms with E-state index in [4.69, 9.17) is 14.7 Å². The molecule has 2 heterocycles. The molecule has 0 aliphatic carbocycles. The van der Waals surface area contributed by atoms with Crippen molar-refractivity contribution in [2.24, 2.45) is 0 Å². The van der Waals surface area contributed by atoms with E-state index in [1.54, 1.807) is 6.92 Å². The Morgan fingerprint density at radius 2 is 2.00 bits per heavy atom. The van der Waals surface area contributed by atoms with Crippen molar-refractivity contribution in [3.05, 3.63) is 45.5 Å². The van der Waals surface area contributed by atoms with Gasteiger partial charge in [0.2, 0.25) is 11.6 Å². The van der Waals surface area contributed by atoms with Gasteiger partial charge in [-0.05, 0) is 50.4 Å². The smallest absolute Gasteiger partial charge is 0.353 e. The molecule has 12 heteroatoms. The Morgan fingerprint density at radius 3 is 2.69 bits per heavy atom. The summed E-state index contributed by atoms with van der Waals surface area (Å²) >= 11 is 1.13. The van der Waals surface area contributed by atoms with Crippen LogP contribution >= 0.6 is 12.0 Å². The zero-order valence-electron chi connectivity index (χ0n) is 20.1. The Balaban J connectivity index is 1.94. The van der Waals surface area contributed by atoms with Crippen molar-refractivity contribution >= 4 is 35.3 Å². The molecule has 1 saturated heterocycles. The predicted octanol–water partition coefficient (Wildman–Crippen LogP) is 3.57. The first kappa shape index (κ1) is 26.5. The predicted molar refractivity (Wildman–Crippen MR) is 135 cm³/mol. The van der Waals surface area contributed by atoms with Crippen molar-refractivity contribution in [1.29, 1.82) is 0 Å². The summed E-state index contributed by atoms with van der Waals surface area (Å²) in [5.74, 6) is -0.266. The zero-order chi connectivity index (χ0) is 25.2. The van der Waals surface area contributed by atoms with E-state index >= 15 is 0 Å². The molecule has 1 aliphatic rings. The Labute approximate surface area is 209 Å². The molecule has 0 radical (unpaired) electrons. The number of nitrogens with zero attached hydrogens (tertiary/aromatic N) is 5. The van der Waals surface area contributed by atoms with Gasteiger partial charge < -0.3 is 19.6 Å². The first-order chi connectivity index (χ1) is 16.9. The monoisotopic (exact) mass is 504 g/mol. The zero-order valence-corrected chi connectivity index (χ0v) is 21.0. The second kappa shape index (κ2) is 13.1. The minimum atomic E-state index is -0.643. The third-order valence-electron chi connectivity index (χ3n) is 5.37. The van der Waals surface area contributed by atoms with Gasteiger partial charge in [-0.15, -0.1) is 0 Å². The normalized spacial score (nSPS) is 13.5. The number of rotatable bonds is 13. The van der Waals surface area contributed by atoms with Crippen molar-refractivity contribution < 1.29 is 18.6 Å². The van der Waals surface area contributed by atoms with Gasteiger partial charge in [0.15, 0.2) is 0 Å². The lowest BCUT2D eigenvalue weighted by molar-refractivity contribution is -0.383. The van der Waals surface area contributed by atoms with E-state index in [1.807, 2.05) is 25.1 Å². The van der Waals surface area contributed by atoms with E-state index in [9.17, 15) is 14.9 Å². The highest BCUT2D eigenvalue weighted by atomic mass is 32.2. The number of benzene rings is 1. The molecule has 11 nitrogen and oxygen atoms in total. The lowest BCUT2D eigenvalue weighted by Crippen LogP contribution is -2.32. The molecule has 1 aromatic heterocycles. The summed E-state index contributed by atoms with van der Waals surface area (Å²) in [6.45, 7) is 6.80. The van der Waals surface area contributed by atoms with Gasteiger partial charge in [-0.1, -0.05) is 31.2 Å². The topological polar surface area (TPSA) is 137 Å². The van der Waals surface area contributed by atoms with E-state index in [2.05, 4.69) is 20.9 Å². The fraction of sp³-hybridized carbons (Fsp3) is 0.522. The van der Waals surface area contributed by atoms with E-state index in [-0.39, 0.29) is 37.3 Å². The number of carbonyl (C=O) groups is 1. The molecule has 0 atom stereocenters. The molecule has 35 heavy (non-hydrogen) atoms. The van der Waals surface area contributed by atoms with E-state index in [0.717, 1.165) is 49.2 Å². The van der Waals surface area contributed by atoms with Crippen molar-refractivity contribution in [2.45, 2.75) is 46.2 Å². The third kappa shape index (κ3) is 7.69. The number of carbonyl (C=O) groups excluding carboxylic acids is 1. The van der Waals surface area contributed by atoms with Crippen LogP contribution in [0.25, 0.3) is 0 Å². The lowest BCUT2D eigenvalue weighted by Gasteiger charge is -2.23. The van der Waals surface area contributed by atoms with Crippen LogP contribution in [-0.4, -0.2) is 57.8 Å². The van der Waals surface area contributed by atoms with Gasteiger partial charge in [0.1, 0.15) is 6.54 Å². The molecule has 0 spiro atoms. The maximum atomic E-state index is 12.4. The van der Waals surface area contributed by atoms with Crippen LogP contribution in [0.4, 0.5) is 17.3 Å². The highest BCUT2D eigenvalue weighted by molar-refractivity contribution is 7.95. The molecule has 0 amide bonds. The van der Waals surface area contributed by atoms with Crippen molar-refractivity contribution in [2.75, 3.05) is 42.6 Å². The Bertz CT molecular complexity index is 1020. The fourth-order valence-electron chi connectivity index (χ4n) is 3.86. The summed E-state index contributed by atoms with van der Waals surface area (Å²) in [4.78, 5) is 35.8. The van der Waals surface area contributed by atoms with E-state index in [1.165, 1.54) is 17.7 Å². The number of ether oxygens (including phenoxy) is 1. The third-order valence-corrected chi connectivity index (χ3v) is 6.21. The summed E-state index contributed by atoms with van der Waals surface area (Å²) in [5.41, 5.74) is 7.47. The maximum absolute atomic E-state index is 12.4. The van der Waals surface area contributed by atoms with Crippen molar-refractivity contribution in [3.63, 3.8) is 0 Å². The molecule has 0 saturated carbocycles. The van der Waals surface area contributed by atoms with Gasteiger partial charge in [-0.25, -0.2) is 0 Å². The number of nitrogen functional groups attached to an aromatic ring is 1. The first-order valence-electron chi connectivity index (χ1n) is 11.7. The number of nitrogens with two attached hydrogens (primary N) is 1. The minimum absolute atomic E-state index is 0.0902. The molecule has 1 fully saturated rings. The van der Waals surface area contributed by atoms with Crippen LogP contribution in [0, 0.1) is 10.1 Å². The number of hydrogen-bond acceptors (Lipinski definition) is 11. The van der Waals surface area contributed by atoms with Crippen LogP contribution in [0.5, 0.6) is 6.01 Å². The standard InChI is InChI=1S/C23H32N6O5S/c1-3-12-35-34-23-25-21(24)20(29(31)32)22(26-23)28(16-19(30)33-4-2)15-18-9-7-8-17(13-18)14-27-10-5-6-11-27/h7-9,13H,3-6,10-12,14-16H2,1-2H3,(H2,24,25,26). The molecule has 0 unspecified atom stereocenters. The van der Waals surface area contributed by atoms with Crippen LogP contribution in [0.3, 0.4) is 0 Å². The number of anilines is 2. The van der Waals surface area contributed by atoms with E-state index in [0.29, 0.717) is 5.75 Å². The molecule has 190 valence electrons. The Morgan fingerprint density at radius 1 is 1.26 bits per heavy atom. The van der Waals surface area contributed by atoms with Crippen molar-refractivity contribution in [1.82, 2.24) is 14.9 Å². The van der Waals surface area contributed by atoms with Crippen LogP contribution in [0.15, 0.2) is 24.3 Å². The summed E-state index contributed by atoms with van der Waals surface area (Å²) in [6.07, 6.45) is 3.27. The molecule has 1 aliphatic heterocycles. The molecular weight excluding hydrogens is 472 g/mol. The largest absolute Gasteiger partial charge is 0.465 e. The SMILES string of the molecule is CCCSOc1nc(N)c([N+](=O)[O-])c(N(CC(=O)OCC)Cc2cccc(CN3CCCC3)c2)n1. The minimum Gasteiger partial charge on any atom is -0.465 e. The van der Waals surface area contributed by atoms with E-state index < -0.39 is 16.6 Å². The molecule has 3 rings (SSSR count). The molecule has 2 N–H and O–H groups in total. The van der Waals surface area contributed by atoms with Gasteiger partial charge in [0, 0.05) is 18.8 Å². The summed E-state index contributed by atoms with van der Waals surface area (Å²) in [6, 6.07) is 7.86. The van der Waals surface area contributed by atoms with Gasteiger partial charge in [0.25, 0.3) is 0 Å². The number of likely N-dealkylation sites (tertiary alicyclic amines) is 1. The van der Waals surface area contributed by atoms with Gasteiger partial charge in [-0.3, -0.25) is 19.8 Å². The quantitative estimate of drug-likeness (QED) is 0.141. The second-order valence-corrected chi connectivity index (χ2v) is 9.00. The van der Waals surface area contributed by atoms with Crippen LogP contribution in [0.2, 0.25) is 0 Å². The van der Waals surface area contributed by atoms with Crippen molar-refractivity contribution in [3.8, 4) is 6.01 Å². The average Bonchev–Trinajstić information content (AvgIpc) is 3.31.